The van der Waals surface area contributed by atoms with Crippen LogP contribution in [0.3, 0.4) is 0 Å². The maximum atomic E-state index is 12.3. The third kappa shape index (κ3) is 3.93. The summed E-state index contributed by atoms with van der Waals surface area (Å²) in [5, 5.41) is 0. The molecule has 0 saturated carbocycles. The first-order valence-electron chi connectivity index (χ1n) is 7.99. The Morgan fingerprint density at radius 1 is 1.25 bits per heavy atom. The molecule has 130 valence electrons. The van der Waals surface area contributed by atoms with Gasteiger partial charge in [0.15, 0.2) is 4.80 Å². The first-order valence-corrected chi connectivity index (χ1v) is 8.80. The molecule has 0 radical (unpaired) electrons. The summed E-state index contributed by atoms with van der Waals surface area (Å²) in [7, 11) is 0. The molecule has 6 heteroatoms. The Balaban J connectivity index is 2.69. The molecule has 0 bridgehead atoms. The number of esters is 1. The monoisotopic (exact) mass is 348 g/mol. The van der Waals surface area contributed by atoms with Gasteiger partial charge in [0.2, 0.25) is 0 Å². The van der Waals surface area contributed by atoms with E-state index in [2.05, 4.69) is 11.1 Å². The van der Waals surface area contributed by atoms with Crippen molar-refractivity contribution in [2.75, 3.05) is 6.61 Å². The van der Waals surface area contributed by atoms with Gasteiger partial charge in [0.25, 0.3) is 5.91 Å². The number of aromatic nitrogens is 1. The van der Waals surface area contributed by atoms with Crippen LogP contribution >= 0.6 is 11.3 Å². The summed E-state index contributed by atoms with van der Waals surface area (Å²) in [4.78, 5) is 29.2. The van der Waals surface area contributed by atoms with Crippen LogP contribution in [0, 0.1) is 19.3 Å². The van der Waals surface area contributed by atoms with Crippen LogP contribution in [0.2, 0.25) is 0 Å². The molecule has 2 rings (SSSR count). The van der Waals surface area contributed by atoms with Gasteiger partial charge in [-0.1, -0.05) is 38.2 Å². The Morgan fingerprint density at radius 3 is 2.50 bits per heavy atom. The number of nitrogens with zero attached hydrogens (tertiary/aromatic N) is 2. The molecule has 0 aliphatic rings. The van der Waals surface area contributed by atoms with E-state index in [1.165, 1.54) is 11.3 Å². The summed E-state index contributed by atoms with van der Waals surface area (Å²) in [5.74, 6) is -0.540. The van der Waals surface area contributed by atoms with Crippen LogP contribution in [0.5, 0.6) is 0 Å². The smallest absolute Gasteiger partial charge is 0.326 e. The molecule has 24 heavy (non-hydrogen) atoms. The lowest BCUT2D eigenvalue weighted by atomic mass is 9.96. The zero-order valence-corrected chi connectivity index (χ0v) is 15.9. The molecule has 0 saturated heterocycles. The number of rotatable bonds is 3. The molecule has 0 atom stereocenters. The third-order valence-electron chi connectivity index (χ3n) is 3.55. The summed E-state index contributed by atoms with van der Waals surface area (Å²) in [6, 6.07) is 4.10. The number of thiazole rings is 1. The number of amides is 1. The highest BCUT2D eigenvalue weighted by Crippen LogP contribution is 2.24. The molecule has 1 aromatic heterocycles. The van der Waals surface area contributed by atoms with Gasteiger partial charge in [-0.05, 0) is 38.0 Å². The number of aryl methyl sites for hydroxylation is 2. The second-order valence-corrected chi connectivity index (χ2v) is 7.85. The van der Waals surface area contributed by atoms with Crippen molar-refractivity contribution >= 4 is 33.4 Å². The van der Waals surface area contributed by atoms with Gasteiger partial charge in [0.05, 0.1) is 16.8 Å². The number of fused-ring (bicyclic) bond motifs is 1. The zero-order chi connectivity index (χ0) is 18.1. The first kappa shape index (κ1) is 18.4. The fourth-order valence-corrected chi connectivity index (χ4v) is 3.42. The normalized spacial score (nSPS) is 12.7. The van der Waals surface area contributed by atoms with Gasteiger partial charge in [-0.25, -0.2) is 0 Å². The minimum absolute atomic E-state index is 0.0486. The Hall–Kier alpha value is -1.95. The van der Waals surface area contributed by atoms with Gasteiger partial charge < -0.3 is 9.30 Å². The van der Waals surface area contributed by atoms with E-state index in [1.807, 2.05) is 40.7 Å². The molecular formula is C18H24N2O3S. The number of ether oxygens (including phenoxy) is 1. The molecular weight excluding hydrogens is 324 g/mol. The van der Waals surface area contributed by atoms with Crippen molar-refractivity contribution in [2.45, 2.75) is 48.1 Å². The Kier molecular flexibility index (Phi) is 5.28. The Bertz CT molecular complexity index is 853. The van der Waals surface area contributed by atoms with E-state index < -0.39 is 5.41 Å². The second kappa shape index (κ2) is 6.89. The number of hydrogen-bond acceptors (Lipinski definition) is 4. The van der Waals surface area contributed by atoms with Crippen LogP contribution in [0.15, 0.2) is 17.1 Å². The highest BCUT2D eigenvalue weighted by Gasteiger charge is 2.22. The average molecular weight is 348 g/mol. The topological polar surface area (TPSA) is 60.7 Å². The van der Waals surface area contributed by atoms with Crippen LogP contribution in [0.4, 0.5) is 0 Å². The summed E-state index contributed by atoms with van der Waals surface area (Å²) in [5.41, 5.74) is 2.55. The van der Waals surface area contributed by atoms with E-state index in [9.17, 15) is 9.59 Å². The van der Waals surface area contributed by atoms with Crippen molar-refractivity contribution in [3.8, 4) is 0 Å². The predicted octanol–water partition coefficient (Wildman–Crippen LogP) is 3.36. The quantitative estimate of drug-likeness (QED) is 0.799. The molecule has 5 nitrogen and oxygen atoms in total. The van der Waals surface area contributed by atoms with Crippen LogP contribution < -0.4 is 4.80 Å². The maximum Gasteiger partial charge on any atom is 0.326 e. The zero-order valence-electron chi connectivity index (χ0n) is 15.1. The van der Waals surface area contributed by atoms with Gasteiger partial charge >= 0.3 is 5.97 Å². The molecule has 0 fully saturated rings. The standard InChI is InChI=1S/C18H24N2O3S/c1-7-23-14(21)10-20-13-9-11(2)8-12(3)15(13)24-17(20)19-16(22)18(4,5)6/h8-9H,7,10H2,1-6H3. The van der Waals surface area contributed by atoms with E-state index in [1.54, 1.807) is 11.5 Å². The lowest BCUT2D eigenvalue weighted by Crippen LogP contribution is -2.26. The Morgan fingerprint density at radius 2 is 1.92 bits per heavy atom. The average Bonchev–Trinajstić information content (AvgIpc) is 2.77. The third-order valence-corrected chi connectivity index (χ3v) is 4.78. The fraction of sp³-hybridized carbons (Fsp3) is 0.500. The van der Waals surface area contributed by atoms with E-state index in [4.69, 9.17) is 4.74 Å². The van der Waals surface area contributed by atoms with Crippen molar-refractivity contribution in [3.05, 3.63) is 28.1 Å². The van der Waals surface area contributed by atoms with Crippen molar-refractivity contribution in [3.63, 3.8) is 0 Å². The summed E-state index contributed by atoms with van der Waals surface area (Å²) in [6.07, 6.45) is 0. The molecule has 0 unspecified atom stereocenters. The van der Waals surface area contributed by atoms with Crippen LogP contribution in [-0.4, -0.2) is 23.1 Å². The van der Waals surface area contributed by atoms with Crippen molar-refractivity contribution in [1.29, 1.82) is 0 Å². The van der Waals surface area contributed by atoms with Gasteiger partial charge in [-0.3, -0.25) is 9.59 Å². The van der Waals surface area contributed by atoms with Gasteiger partial charge in [0, 0.05) is 5.41 Å². The molecule has 1 amide bonds. The fourth-order valence-electron chi connectivity index (χ4n) is 2.34. The number of benzene rings is 1. The van der Waals surface area contributed by atoms with E-state index in [0.717, 1.165) is 21.3 Å². The van der Waals surface area contributed by atoms with Gasteiger partial charge in [0.1, 0.15) is 6.54 Å². The maximum absolute atomic E-state index is 12.3. The first-order chi connectivity index (χ1) is 11.1. The largest absolute Gasteiger partial charge is 0.465 e. The lowest BCUT2D eigenvalue weighted by molar-refractivity contribution is -0.143. The highest BCUT2D eigenvalue weighted by molar-refractivity contribution is 7.16. The van der Waals surface area contributed by atoms with Crippen LogP contribution in [0.1, 0.15) is 38.8 Å². The predicted molar refractivity (Wildman–Crippen MR) is 95.9 cm³/mol. The lowest BCUT2D eigenvalue weighted by Gasteiger charge is -2.12. The number of carbonyl (C=O) groups is 2. The summed E-state index contributed by atoms with van der Waals surface area (Å²) < 4.78 is 7.88. The van der Waals surface area contributed by atoms with Gasteiger partial charge in [-0.15, -0.1) is 0 Å². The summed E-state index contributed by atoms with van der Waals surface area (Å²) >= 11 is 1.43. The number of carbonyl (C=O) groups excluding carboxylic acids is 2. The minimum atomic E-state index is -0.567. The molecule has 2 aromatic rings. The molecule has 1 heterocycles. The van der Waals surface area contributed by atoms with E-state index in [-0.39, 0.29) is 18.4 Å². The van der Waals surface area contributed by atoms with E-state index >= 15 is 0 Å². The van der Waals surface area contributed by atoms with Crippen LogP contribution in [-0.2, 0) is 20.9 Å². The summed E-state index contributed by atoms with van der Waals surface area (Å²) in [6.45, 7) is 11.7. The van der Waals surface area contributed by atoms with Gasteiger partial charge in [-0.2, -0.15) is 4.99 Å². The minimum Gasteiger partial charge on any atom is -0.465 e. The molecule has 0 aliphatic heterocycles. The molecule has 0 aliphatic carbocycles. The molecule has 0 spiro atoms. The van der Waals surface area contributed by atoms with Crippen molar-refractivity contribution in [2.24, 2.45) is 10.4 Å². The van der Waals surface area contributed by atoms with Crippen molar-refractivity contribution < 1.29 is 14.3 Å². The molecule has 0 N–H and O–H groups in total. The highest BCUT2D eigenvalue weighted by atomic mass is 32.1. The van der Waals surface area contributed by atoms with Crippen molar-refractivity contribution in [1.82, 2.24) is 4.57 Å². The van der Waals surface area contributed by atoms with E-state index in [0.29, 0.717) is 11.4 Å². The number of hydrogen-bond donors (Lipinski definition) is 0. The van der Waals surface area contributed by atoms with Crippen LogP contribution in [0.25, 0.3) is 10.2 Å². The Labute approximate surface area is 146 Å². The SMILES string of the molecule is CCOC(=O)Cn1c(=NC(=O)C(C)(C)C)sc2c(C)cc(C)cc21. The molecule has 1 aromatic carbocycles. The second-order valence-electron chi connectivity index (χ2n) is 6.87.